The lowest BCUT2D eigenvalue weighted by Crippen LogP contribution is -2.16. The number of nitriles is 1. The van der Waals surface area contributed by atoms with E-state index >= 15 is 0 Å². The Hall–Kier alpha value is -2.34. The number of hydrogen-bond donors (Lipinski definition) is 0. The summed E-state index contributed by atoms with van der Waals surface area (Å²) in [6, 6.07) is 13.7. The van der Waals surface area contributed by atoms with E-state index in [9.17, 15) is 0 Å². The van der Waals surface area contributed by atoms with E-state index in [1.54, 1.807) is 12.4 Å². The summed E-state index contributed by atoms with van der Waals surface area (Å²) >= 11 is 0. The van der Waals surface area contributed by atoms with Gasteiger partial charge in [0.05, 0.1) is 11.6 Å². The van der Waals surface area contributed by atoms with Gasteiger partial charge in [-0.05, 0) is 35.9 Å². The number of benzene rings is 1. The third kappa shape index (κ3) is 2.82. The summed E-state index contributed by atoms with van der Waals surface area (Å²) in [5, 5.41) is 8.86. The third-order valence-corrected chi connectivity index (χ3v) is 2.59. The summed E-state index contributed by atoms with van der Waals surface area (Å²) in [6.07, 6.45) is 3.57. The molecule has 0 saturated carbocycles. The molecule has 0 N–H and O–H groups in total. The van der Waals surface area contributed by atoms with Crippen LogP contribution in [0.4, 0.5) is 5.69 Å². The SMILES string of the molecule is CN(Cc1ccncc1)c1cccc(C#N)c1. The predicted molar refractivity (Wildman–Crippen MR) is 67.5 cm³/mol. The molecular weight excluding hydrogens is 210 g/mol. The van der Waals surface area contributed by atoms with Crippen molar-refractivity contribution in [2.75, 3.05) is 11.9 Å². The molecule has 0 aliphatic carbocycles. The molecule has 84 valence electrons. The van der Waals surface area contributed by atoms with Crippen LogP contribution in [-0.4, -0.2) is 12.0 Å². The van der Waals surface area contributed by atoms with Crippen LogP contribution in [0.1, 0.15) is 11.1 Å². The van der Waals surface area contributed by atoms with E-state index in [1.807, 2.05) is 43.4 Å². The van der Waals surface area contributed by atoms with Gasteiger partial charge in [0.1, 0.15) is 0 Å². The Morgan fingerprint density at radius 2 is 2.00 bits per heavy atom. The molecule has 0 atom stereocenters. The highest BCUT2D eigenvalue weighted by Crippen LogP contribution is 2.16. The second-order valence-corrected chi connectivity index (χ2v) is 3.87. The number of rotatable bonds is 3. The van der Waals surface area contributed by atoms with Crippen LogP contribution in [0.15, 0.2) is 48.8 Å². The van der Waals surface area contributed by atoms with Crippen molar-refractivity contribution in [1.82, 2.24) is 4.98 Å². The lowest BCUT2D eigenvalue weighted by atomic mass is 10.2. The molecule has 0 fully saturated rings. The maximum atomic E-state index is 8.86. The van der Waals surface area contributed by atoms with Crippen LogP contribution in [-0.2, 0) is 6.54 Å². The van der Waals surface area contributed by atoms with Crippen LogP contribution in [0.25, 0.3) is 0 Å². The Morgan fingerprint density at radius 1 is 1.24 bits per heavy atom. The summed E-state index contributed by atoms with van der Waals surface area (Å²) in [4.78, 5) is 6.10. The van der Waals surface area contributed by atoms with Gasteiger partial charge in [-0.2, -0.15) is 5.26 Å². The number of anilines is 1. The maximum Gasteiger partial charge on any atom is 0.0992 e. The smallest absolute Gasteiger partial charge is 0.0992 e. The summed E-state index contributed by atoms with van der Waals surface area (Å²) in [6.45, 7) is 0.803. The first-order valence-electron chi connectivity index (χ1n) is 5.40. The first-order chi connectivity index (χ1) is 8.29. The summed E-state index contributed by atoms with van der Waals surface area (Å²) in [5.41, 5.74) is 2.93. The van der Waals surface area contributed by atoms with Gasteiger partial charge in [0, 0.05) is 31.7 Å². The second kappa shape index (κ2) is 5.13. The second-order valence-electron chi connectivity index (χ2n) is 3.87. The number of aromatic nitrogens is 1. The molecule has 0 aliphatic rings. The summed E-state index contributed by atoms with van der Waals surface area (Å²) in [5.74, 6) is 0. The fraction of sp³-hybridized carbons (Fsp3) is 0.143. The van der Waals surface area contributed by atoms with Crippen molar-refractivity contribution in [1.29, 1.82) is 5.26 Å². The van der Waals surface area contributed by atoms with Gasteiger partial charge in [0.15, 0.2) is 0 Å². The van der Waals surface area contributed by atoms with Crippen molar-refractivity contribution >= 4 is 5.69 Å². The molecule has 0 unspecified atom stereocenters. The van der Waals surface area contributed by atoms with E-state index in [0.717, 1.165) is 12.2 Å². The molecule has 0 bridgehead atoms. The Balaban J connectivity index is 2.15. The van der Waals surface area contributed by atoms with E-state index in [0.29, 0.717) is 5.56 Å². The molecule has 3 nitrogen and oxygen atoms in total. The molecule has 1 heterocycles. The number of nitrogens with zero attached hydrogens (tertiary/aromatic N) is 3. The molecule has 3 heteroatoms. The van der Waals surface area contributed by atoms with Crippen LogP contribution >= 0.6 is 0 Å². The lowest BCUT2D eigenvalue weighted by Gasteiger charge is -2.19. The monoisotopic (exact) mass is 223 g/mol. The first-order valence-corrected chi connectivity index (χ1v) is 5.40. The van der Waals surface area contributed by atoms with Gasteiger partial charge in [-0.15, -0.1) is 0 Å². The lowest BCUT2D eigenvalue weighted by molar-refractivity contribution is 0.919. The minimum absolute atomic E-state index is 0.684. The molecule has 0 amide bonds. The molecule has 0 radical (unpaired) electrons. The van der Waals surface area contributed by atoms with E-state index in [4.69, 9.17) is 5.26 Å². The number of pyridine rings is 1. The third-order valence-electron chi connectivity index (χ3n) is 2.59. The van der Waals surface area contributed by atoms with E-state index in [-0.39, 0.29) is 0 Å². The summed E-state index contributed by atoms with van der Waals surface area (Å²) < 4.78 is 0. The Kier molecular flexibility index (Phi) is 3.37. The van der Waals surface area contributed by atoms with Crippen molar-refractivity contribution in [3.8, 4) is 6.07 Å². The maximum absolute atomic E-state index is 8.86. The molecule has 0 saturated heterocycles. The van der Waals surface area contributed by atoms with Gasteiger partial charge in [0.25, 0.3) is 0 Å². The minimum atomic E-state index is 0.684. The van der Waals surface area contributed by atoms with E-state index in [2.05, 4.69) is 16.0 Å². The molecule has 1 aromatic heterocycles. The van der Waals surface area contributed by atoms with Gasteiger partial charge in [-0.1, -0.05) is 6.07 Å². The molecular formula is C14H13N3. The van der Waals surface area contributed by atoms with Crippen molar-refractivity contribution in [2.45, 2.75) is 6.54 Å². The van der Waals surface area contributed by atoms with Crippen LogP contribution in [0.5, 0.6) is 0 Å². The van der Waals surface area contributed by atoms with Gasteiger partial charge in [-0.25, -0.2) is 0 Å². The topological polar surface area (TPSA) is 39.9 Å². The van der Waals surface area contributed by atoms with Crippen LogP contribution < -0.4 is 4.90 Å². The normalized spacial score (nSPS) is 9.65. The van der Waals surface area contributed by atoms with Crippen LogP contribution in [0, 0.1) is 11.3 Å². The Labute approximate surface area is 101 Å². The van der Waals surface area contributed by atoms with Crippen LogP contribution in [0.2, 0.25) is 0 Å². The molecule has 0 spiro atoms. The quantitative estimate of drug-likeness (QED) is 0.803. The highest BCUT2D eigenvalue weighted by atomic mass is 15.1. The minimum Gasteiger partial charge on any atom is -0.370 e. The van der Waals surface area contributed by atoms with Gasteiger partial charge in [-0.3, -0.25) is 4.98 Å². The molecule has 1 aromatic carbocycles. The van der Waals surface area contributed by atoms with Gasteiger partial charge >= 0.3 is 0 Å². The zero-order valence-corrected chi connectivity index (χ0v) is 9.67. The molecule has 17 heavy (non-hydrogen) atoms. The average Bonchev–Trinajstić information content (AvgIpc) is 2.40. The largest absolute Gasteiger partial charge is 0.370 e. The predicted octanol–water partition coefficient (Wildman–Crippen LogP) is 2.59. The van der Waals surface area contributed by atoms with Crippen molar-refractivity contribution in [3.63, 3.8) is 0 Å². The average molecular weight is 223 g/mol. The van der Waals surface area contributed by atoms with Crippen molar-refractivity contribution in [3.05, 3.63) is 59.9 Å². The Morgan fingerprint density at radius 3 is 2.71 bits per heavy atom. The van der Waals surface area contributed by atoms with Crippen LogP contribution in [0.3, 0.4) is 0 Å². The highest BCUT2D eigenvalue weighted by molar-refractivity contribution is 5.51. The fourth-order valence-electron chi connectivity index (χ4n) is 1.67. The van der Waals surface area contributed by atoms with Crippen molar-refractivity contribution in [2.24, 2.45) is 0 Å². The molecule has 0 aliphatic heterocycles. The van der Waals surface area contributed by atoms with Gasteiger partial charge < -0.3 is 4.90 Å². The molecule has 2 aromatic rings. The zero-order valence-electron chi connectivity index (χ0n) is 9.67. The van der Waals surface area contributed by atoms with E-state index < -0.39 is 0 Å². The molecule has 2 rings (SSSR count). The van der Waals surface area contributed by atoms with Crippen molar-refractivity contribution < 1.29 is 0 Å². The first kappa shape index (κ1) is 11.2. The standard InChI is InChI=1S/C14H13N3/c1-17(11-12-5-7-16-8-6-12)14-4-2-3-13(9-14)10-15/h2-9H,11H2,1H3. The number of hydrogen-bond acceptors (Lipinski definition) is 3. The Bertz CT molecular complexity index is 529. The summed E-state index contributed by atoms with van der Waals surface area (Å²) in [7, 11) is 2.01. The highest BCUT2D eigenvalue weighted by Gasteiger charge is 2.02. The fourth-order valence-corrected chi connectivity index (χ4v) is 1.67. The van der Waals surface area contributed by atoms with Gasteiger partial charge in [0.2, 0.25) is 0 Å². The van der Waals surface area contributed by atoms with E-state index in [1.165, 1.54) is 5.56 Å². The zero-order chi connectivity index (χ0) is 12.1.